The maximum Gasteiger partial charge on any atom is 0.0595 e. The highest BCUT2D eigenvalue weighted by Crippen LogP contribution is 2.33. The van der Waals surface area contributed by atoms with Crippen molar-refractivity contribution in [1.29, 1.82) is 0 Å². The minimum atomic E-state index is 0.405. The van der Waals surface area contributed by atoms with Crippen molar-refractivity contribution in [1.82, 2.24) is 10.2 Å². The summed E-state index contributed by atoms with van der Waals surface area (Å²) in [6.07, 6.45) is 2.68. The molecule has 0 aliphatic carbocycles. The summed E-state index contributed by atoms with van der Waals surface area (Å²) < 4.78 is 0. The third-order valence-electron chi connectivity index (χ3n) is 4.60. The first kappa shape index (κ1) is 13.7. The van der Waals surface area contributed by atoms with Crippen LogP contribution in [0.15, 0.2) is 18.2 Å². The van der Waals surface area contributed by atoms with Gasteiger partial charge in [-0.25, -0.2) is 0 Å². The molecule has 0 radical (unpaired) electrons. The minimum absolute atomic E-state index is 0.405. The Bertz CT molecular complexity index is 449. The van der Waals surface area contributed by atoms with Crippen LogP contribution in [0.2, 0.25) is 10.0 Å². The molecule has 3 unspecified atom stereocenters. The van der Waals surface area contributed by atoms with Gasteiger partial charge >= 0.3 is 0 Å². The topological polar surface area (TPSA) is 15.3 Å². The Hall–Kier alpha value is -0.280. The molecule has 2 saturated heterocycles. The Morgan fingerprint density at radius 2 is 2.11 bits per heavy atom. The first-order chi connectivity index (χ1) is 9.15. The van der Waals surface area contributed by atoms with Crippen molar-refractivity contribution in [2.75, 3.05) is 19.6 Å². The van der Waals surface area contributed by atoms with Gasteiger partial charge in [0.25, 0.3) is 0 Å². The van der Waals surface area contributed by atoms with Gasteiger partial charge in [0.1, 0.15) is 0 Å². The lowest BCUT2D eigenvalue weighted by Crippen LogP contribution is -2.40. The summed E-state index contributed by atoms with van der Waals surface area (Å²) in [5.41, 5.74) is 1.26. The number of piperidine rings is 1. The molecular weight excluding hydrogens is 279 g/mol. The first-order valence-corrected chi connectivity index (χ1v) is 7.83. The van der Waals surface area contributed by atoms with Crippen LogP contribution in [0, 0.1) is 5.92 Å². The van der Waals surface area contributed by atoms with Crippen molar-refractivity contribution in [2.45, 2.75) is 31.8 Å². The molecule has 0 saturated carbocycles. The molecule has 4 heteroatoms. The highest BCUT2D eigenvalue weighted by molar-refractivity contribution is 6.42. The van der Waals surface area contributed by atoms with E-state index in [1.807, 2.05) is 12.1 Å². The lowest BCUT2D eigenvalue weighted by Gasteiger charge is -2.25. The SMILES string of the molecule is CC(c1ccc(Cl)c(Cl)c1)N1CC2CCCNC2C1. The number of benzene rings is 1. The van der Waals surface area contributed by atoms with Crippen LogP contribution in [0.5, 0.6) is 0 Å². The molecule has 0 amide bonds. The number of likely N-dealkylation sites (tertiary alicyclic amines) is 1. The second-order valence-corrected chi connectivity index (χ2v) is 6.58. The van der Waals surface area contributed by atoms with Gasteiger partial charge in [-0.05, 0) is 49.9 Å². The lowest BCUT2D eigenvalue weighted by molar-refractivity contribution is 0.251. The van der Waals surface area contributed by atoms with E-state index in [2.05, 4.69) is 23.2 Å². The van der Waals surface area contributed by atoms with Gasteiger partial charge in [0.2, 0.25) is 0 Å². The van der Waals surface area contributed by atoms with Gasteiger partial charge in [-0.2, -0.15) is 0 Å². The van der Waals surface area contributed by atoms with E-state index in [1.54, 1.807) is 0 Å². The van der Waals surface area contributed by atoms with Gasteiger partial charge in [-0.1, -0.05) is 29.3 Å². The number of halogens is 2. The summed E-state index contributed by atoms with van der Waals surface area (Å²) in [6.45, 7) is 5.78. The molecule has 2 fully saturated rings. The van der Waals surface area contributed by atoms with Crippen molar-refractivity contribution >= 4 is 23.2 Å². The average Bonchev–Trinajstić information content (AvgIpc) is 2.85. The predicted octanol–water partition coefficient (Wildman–Crippen LogP) is 3.74. The van der Waals surface area contributed by atoms with Crippen LogP contribution in [-0.4, -0.2) is 30.6 Å². The van der Waals surface area contributed by atoms with E-state index in [-0.39, 0.29) is 0 Å². The molecule has 19 heavy (non-hydrogen) atoms. The Labute approximate surface area is 125 Å². The van der Waals surface area contributed by atoms with Gasteiger partial charge in [0, 0.05) is 25.2 Å². The fourth-order valence-electron chi connectivity index (χ4n) is 3.38. The van der Waals surface area contributed by atoms with Crippen LogP contribution in [0.3, 0.4) is 0 Å². The zero-order valence-corrected chi connectivity index (χ0v) is 12.7. The number of hydrogen-bond donors (Lipinski definition) is 1. The summed E-state index contributed by atoms with van der Waals surface area (Å²) in [5.74, 6) is 0.818. The molecule has 2 heterocycles. The largest absolute Gasteiger partial charge is 0.312 e. The Kier molecular flexibility index (Phi) is 4.04. The normalized spacial score (nSPS) is 29.2. The van der Waals surface area contributed by atoms with Crippen molar-refractivity contribution in [2.24, 2.45) is 5.92 Å². The molecule has 104 valence electrons. The molecule has 1 aromatic rings. The molecule has 3 atom stereocenters. The Balaban J connectivity index is 1.73. The monoisotopic (exact) mass is 298 g/mol. The second kappa shape index (κ2) is 5.61. The van der Waals surface area contributed by atoms with Gasteiger partial charge in [0.05, 0.1) is 10.0 Å². The van der Waals surface area contributed by atoms with Gasteiger partial charge < -0.3 is 5.32 Å². The highest BCUT2D eigenvalue weighted by atomic mass is 35.5. The minimum Gasteiger partial charge on any atom is -0.312 e. The zero-order chi connectivity index (χ0) is 13.4. The van der Waals surface area contributed by atoms with E-state index < -0.39 is 0 Å². The number of nitrogens with one attached hydrogen (secondary N) is 1. The standard InChI is InChI=1S/C15H20Cl2N2/c1-10(11-4-5-13(16)14(17)7-11)19-8-12-3-2-6-18-15(12)9-19/h4-5,7,10,12,15,18H,2-3,6,8-9H2,1H3. The summed E-state index contributed by atoms with van der Waals surface area (Å²) >= 11 is 12.1. The van der Waals surface area contributed by atoms with Crippen LogP contribution in [-0.2, 0) is 0 Å². The number of fused-ring (bicyclic) bond motifs is 1. The Morgan fingerprint density at radius 3 is 2.84 bits per heavy atom. The van der Waals surface area contributed by atoms with E-state index in [0.717, 1.165) is 12.5 Å². The predicted molar refractivity (Wildman–Crippen MR) is 81.0 cm³/mol. The zero-order valence-electron chi connectivity index (χ0n) is 11.2. The summed E-state index contributed by atoms with van der Waals surface area (Å²) in [6, 6.07) is 7.08. The van der Waals surface area contributed by atoms with Crippen molar-refractivity contribution in [3.05, 3.63) is 33.8 Å². The van der Waals surface area contributed by atoms with Crippen LogP contribution >= 0.6 is 23.2 Å². The lowest BCUT2D eigenvalue weighted by atomic mass is 9.94. The molecule has 0 bridgehead atoms. The molecule has 2 nitrogen and oxygen atoms in total. The van der Waals surface area contributed by atoms with Crippen molar-refractivity contribution in [3.8, 4) is 0 Å². The third kappa shape index (κ3) is 2.78. The molecule has 0 aromatic heterocycles. The molecule has 2 aliphatic rings. The highest BCUT2D eigenvalue weighted by Gasteiger charge is 2.36. The molecule has 3 rings (SSSR count). The van der Waals surface area contributed by atoms with E-state index >= 15 is 0 Å². The maximum atomic E-state index is 6.12. The fraction of sp³-hybridized carbons (Fsp3) is 0.600. The Morgan fingerprint density at radius 1 is 1.26 bits per heavy atom. The third-order valence-corrected chi connectivity index (χ3v) is 5.34. The quantitative estimate of drug-likeness (QED) is 0.895. The number of rotatable bonds is 2. The molecule has 1 N–H and O–H groups in total. The van der Waals surface area contributed by atoms with E-state index in [9.17, 15) is 0 Å². The second-order valence-electron chi connectivity index (χ2n) is 5.77. The average molecular weight is 299 g/mol. The fourth-order valence-corrected chi connectivity index (χ4v) is 3.69. The maximum absolute atomic E-state index is 6.12. The number of nitrogens with zero attached hydrogens (tertiary/aromatic N) is 1. The first-order valence-electron chi connectivity index (χ1n) is 7.07. The molecular formula is C15H20Cl2N2. The van der Waals surface area contributed by atoms with Gasteiger partial charge in [-0.3, -0.25) is 4.90 Å². The van der Waals surface area contributed by atoms with Crippen molar-refractivity contribution in [3.63, 3.8) is 0 Å². The van der Waals surface area contributed by atoms with Crippen molar-refractivity contribution < 1.29 is 0 Å². The summed E-state index contributed by atoms with van der Waals surface area (Å²) in [5, 5.41) is 4.94. The summed E-state index contributed by atoms with van der Waals surface area (Å²) in [7, 11) is 0. The van der Waals surface area contributed by atoms with Crippen LogP contribution in [0.1, 0.15) is 31.4 Å². The van der Waals surface area contributed by atoms with Crippen LogP contribution in [0.4, 0.5) is 0 Å². The molecule has 1 aromatic carbocycles. The van der Waals surface area contributed by atoms with Gasteiger partial charge in [0.15, 0.2) is 0 Å². The van der Waals surface area contributed by atoms with Gasteiger partial charge in [-0.15, -0.1) is 0 Å². The number of hydrogen-bond acceptors (Lipinski definition) is 2. The summed E-state index contributed by atoms with van der Waals surface area (Å²) in [4.78, 5) is 2.56. The molecule has 2 aliphatic heterocycles. The van der Waals surface area contributed by atoms with Crippen LogP contribution < -0.4 is 5.32 Å². The van der Waals surface area contributed by atoms with E-state index in [4.69, 9.17) is 23.2 Å². The molecule has 0 spiro atoms. The smallest absolute Gasteiger partial charge is 0.0595 e. The van der Waals surface area contributed by atoms with E-state index in [1.165, 1.54) is 31.5 Å². The van der Waals surface area contributed by atoms with Crippen LogP contribution in [0.25, 0.3) is 0 Å². The van der Waals surface area contributed by atoms with E-state index in [0.29, 0.717) is 22.1 Å².